The summed E-state index contributed by atoms with van der Waals surface area (Å²) >= 11 is 3.51. The molecule has 5 nitrogen and oxygen atoms in total. The molecule has 106 valence electrons. The van der Waals surface area contributed by atoms with Crippen LogP contribution in [0.5, 0.6) is 5.75 Å². The Hall–Kier alpha value is -1.82. The summed E-state index contributed by atoms with van der Waals surface area (Å²) in [7, 11) is 1.60. The van der Waals surface area contributed by atoms with Crippen LogP contribution in [0.3, 0.4) is 0 Å². The minimum atomic E-state index is -1.12. The third kappa shape index (κ3) is 2.70. The molecule has 1 aromatic carbocycles. The van der Waals surface area contributed by atoms with Crippen molar-refractivity contribution in [2.24, 2.45) is 0 Å². The number of carboxylic acids is 1. The highest BCUT2D eigenvalue weighted by Gasteiger charge is 2.17. The zero-order valence-corrected chi connectivity index (χ0v) is 12.9. The van der Waals surface area contributed by atoms with Crippen molar-refractivity contribution < 1.29 is 19.2 Å². The predicted molar refractivity (Wildman–Crippen MR) is 77.2 cm³/mol. The molecule has 0 aliphatic carbocycles. The molecule has 1 N–H and O–H groups in total. The van der Waals surface area contributed by atoms with Gasteiger partial charge in [0, 0.05) is 21.7 Å². The number of halogens is 1. The maximum absolute atomic E-state index is 10.8. The van der Waals surface area contributed by atoms with Gasteiger partial charge in [-0.25, -0.2) is 4.79 Å². The summed E-state index contributed by atoms with van der Waals surface area (Å²) in [6.45, 7) is 4.14. The van der Waals surface area contributed by atoms with E-state index in [0.717, 1.165) is 15.8 Å². The molecule has 6 heteroatoms. The van der Waals surface area contributed by atoms with Crippen molar-refractivity contribution in [3.63, 3.8) is 0 Å². The normalized spacial score (nSPS) is 10.8. The van der Waals surface area contributed by atoms with Gasteiger partial charge in [-0.3, -0.25) is 0 Å². The highest BCUT2D eigenvalue weighted by Crippen LogP contribution is 2.37. The Kier molecular flexibility index (Phi) is 4.13. The fraction of sp³-hybridized carbons (Fsp3) is 0.286. The van der Waals surface area contributed by atoms with Crippen molar-refractivity contribution >= 4 is 21.9 Å². The third-order valence-corrected chi connectivity index (χ3v) is 3.56. The number of rotatable bonds is 4. The minimum absolute atomic E-state index is 0.122. The van der Waals surface area contributed by atoms with E-state index in [1.54, 1.807) is 7.11 Å². The fourth-order valence-electron chi connectivity index (χ4n) is 1.98. The van der Waals surface area contributed by atoms with E-state index in [2.05, 4.69) is 34.9 Å². The molecule has 2 aromatic rings. The van der Waals surface area contributed by atoms with E-state index < -0.39 is 5.97 Å². The van der Waals surface area contributed by atoms with Gasteiger partial charge in [-0.1, -0.05) is 34.9 Å². The van der Waals surface area contributed by atoms with Crippen LogP contribution in [0, 0.1) is 0 Å². The molecule has 0 spiro atoms. The first-order chi connectivity index (χ1) is 9.43. The van der Waals surface area contributed by atoms with Crippen LogP contribution < -0.4 is 4.74 Å². The van der Waals surface area contributed by atoms with Gasteiger partial charge < -0.3 is 14.4 Å². The Morgan fingerprint density at radius 2 is 2.10 bits per heavy atom. The number of hydrogen-bond acceptors (Lipinski definition) is 4. The summed E-state index contributed by atoms with van der Waals surface area (Å²) in [5, 5.41) is 12.4. The number of hydrogen-bond donors (Lipinski definition) is 1. The lowest BCUT2D eigenvalue weighted by atomic mass is 9.99. The molecule has 1 heterocycles. The average Bonchev–Trinajstić information content (AvgIpc) is 2.86. The smallest absolute Gasteiger partial charge is 0.358 e. The Labute approximate surface area is 124 Å². The maximum atomic E-state index is 10.8. The molecule has 0 bridgehead atoms. The Morgan fingerprint density at radius 3 is 2.60 bits per heavy atom. The van der Waals surface area contributed by atoms with E-state index in [1.165, 1.54) is 6.07 Å². The Bertz CT molecular complexity index is 649. The molecular weight excluding hydrogens is 326 g/mol. The van der Waals surface area contributed by atoms with E-state index in [0.29, 0.717) is 11.3 Å². The number of nitrogens with zero attached hydrogens (tertiary/aromatic N) is 1. The Morgan fingerprint density at radius 1 is 1.40 bits per heavy atom. The number of carboxylic acid groups (broad SMARTS) is 1. The number of ether oxygens (including phenoxy) is 1. The summed E-state index contributed by atoms with van der Waals surface area (Å²) in [5.41, 5.74) is 1.63. The molecule has 0 amide bonds. The lowest BCUT2D eigenvalue weighted by molar-refractivity contribution is 0.0686. The number of aromatic carboxylic acids is 1. The van der Waals surface area contributed by atoms with Crippen LogP contribution in [-0.2, 0) is 0 Å². The minimum Gasteiger partial charge on any atom is -0.496 e. The summed E-state index contributed by atoms with van der Waals surface area (Å²) in [6.07, 6.45) is 0. The van der Waals surface area contributed by atoms with Gasteiger partial charge in [0.2, 0.25) is 0 Å². The van der Waals surface area contributed by atoms with Crippen molar-refractivity contribution in [2.75, 3.05) is 7.11 Å². The van der Waals surface area contributed by atoms with Crippen LogP contribution in [0.4, 0.5) is 0 Å². The monoisotopic (exact) mass is 339 g/mol. The SMILES string of the molecule is COc1cc(-c2cc(C(=O)O)no2)cc(Br)c1C(C)C. The maximum Gasteiger partial charge on any atom is 0.358 e. The van der Waals surface area contributed by atoms with Crippen LogP contribution in [-0.4, -0.2) is 23.3 Å². The van der Waals surface area contributed by atoms with Crippen LogP contribution in [0.25, 0.3) is 11.3 Å². The first-order valence-corrected chi connectivity index (χ1v) is 6.81. The van der Waals surface area contributed by atoms with Crippen molar-refractivity contribution in [3.8, 4) is 17.1 Å². The fourth-order valence-corrected chi connectivity index (χ4v) is 2.88. The van der Waals surface area contributed by atoms with Gasteiger partial charge in [-0.05, 0) is 18.1 Å². The number of aromatic nitrogens is 1. The van der Waals surface area contributed by atoms with Crippen molar-refractivity contribution in [2.45, 2.75) is 19.8 Å². The molecule has 0 aliphatic rings. The molecule has 0 fully saturated rings. The van der Waals surface area contributed by atoms with E-state index in [9.17, 15) is 4.79 Å². The molecule has 0 aliphatic heterocycles. The van der Waals surface area contributed by atoms with Gasteiger partial charge >= 0.3 is 5.97 Å². The van der Waals surface area contributed by atoms with Crippen LogP contribution in [0.15, 0.2) is 27.2 Å². The second-order valence-corrected chi connectivity index (χ2v) is 5.46. The van der Waals surface area contributed by atoms with E-state index in [1.807, 2.05) is 12.1 Å². The topological polar surface area (TPSA) is 72.6 Å². The van der Waals surface area contributed by atoms with Crippen molar-refractivity contribution in [1.82, 2.24) is 5.16 Å². The summed E-state index contributed by atoms with van der Waals surface area (Å²) in [6, 6.07) is 5.06. The zero-order valence-electron chi connectivity index (χ0n) is 11.3. The van der Waals surface area contributed by atoms with Gasteiger partial charge in [-0.15, -0.1) is 0 Å². The van der Waals surface area contributed by atoms with Crippen molar-refractivity contribution in [1.29, 1.82) is 0 Å². The molecule has 0 unspecified atom stereocenters. The highest BCUT2D eigenvalue weighted by molar-refractivity contribution is 9.10. The van der Waals surface area contributed by atoms with Gasteiger partial charge in [0.25, 0.3) is 0 Å². The van der Waals surface area contributed by atoms with Gasteiger partial charge in [0.05, 0.1) is 7.11 Å². The van der Waals surface area contributed by atoms with Gasteiger partial charge in [-0.2, -0.15) is 0 Å². The largest absolute Gasteiger partial charge is 0.496 e. The molecular formula is C14H14BrNO4. The third-order valence-electron chi connectivity index (χ3n) is 2.90. The highest BCUT2D eigenvalue weighted by atomic mass is 79.9. The molecule has 0 radical (unpaired) electrons. The quantitative estimate of drug-likeness (QED) is 0.913. The second-order valence-electron chi connectivity index (χ2n) is 4.61. The molecule has 0 atom stereocenters. The van der Waals surface area contributed by atoms with E-state index in [-0.39, 0.29) is 11.6 Å². The lowest BCUT2D eigenvalue weighted by Gasteiger charge is -2.15. The number of carbonyl (C=O) groups is 1. The number of methoxy groups -OCH3 is 1. The first kappa shape index (κ1) is 14.6. The number of benzene rings is 1. The average molecular weight is 340 g/mol. The van der Waals surface area contributed by atoms with Crippen molar-refractivity contribution in [3.05, 3.63) is 33.9 Å². The summed E-state index contributed by atoms with van der Waals surface area (Å²) in [4.78, 5) is 10.8. The predicted octanol–water partition coefficient (Wildman–Crippen LogP) is 3.93. The zero-order chi connectivity index (χ0) is 14.9. The van der Waals surface area contributed by atoms with E-state index in [4.69, 9.17) is 14.4 Å². The van der Waals surface area contributed by atoms with Crippen LogP contribution >= 0.6 is 15.9 Å². The Balaban J connectivity index is 2.52. The van der Waals surface area contributed by atoms with Gasteiger partial charge in [0.15, 0.2) is 11.5 Å². The molecule has 0 saturated carbocycles. The molecule has 1 aromatic heterocycles. The summed E-state index contributed by atoms with van der Waals surface area (Å²) < 4.78 is 11.3. The second kappa shape index (κ2) is 5.66. The van der Waals surface area contributed by atoms with Crippen LogP contribution in [0.2, 0.25) is 0 Å². The van der Waals surface area contributed by atoms with E-state index >= 15 is 0 Å². The first-order valence-electron chi connectivity index (χ1n) is 6.01. The molecule has 20 heavy (non-hydrogen) atoms. The van der Waals surface area contributed by atoms with Crippen LogP contribution in [0.1, 0.15) is 35.8 Å². The lowest BCUT2D eigenvalue weighted by Crippen LogP contribution is -1.96. The van der Waals surface area contributed by atoms with Gasteiger partial charge in [0.1, 0.15) is 5.75 Å². The molecule has 0 saturated heterocycles. The molecule has 2 rings (SSSR count). The summed E-state index contributed by atoms with van der Waals surface area (Å²) in [5.74, 6) is 0.275. The standard InChI is InChI=1S/C14H14BrNO4/c1-7(2)13-9(15)4-8(5-12(13)19-3)11-6-10(14(17)18)16-20-11/h4-7H,1-3H3,(H,17,18).